The summed E-state index contributed by atoms with van der Waals surface area (Å²) in [5, 5.41) is 3.18. The van der Waals surface area contributed by atoms with Crippen molar-refractivity contribution < 1.29 is 14.3 Å². The Kier molecular flexibility index (Phi) is 5.64. The monoisotopic (exact) mass is 376 g/mol. The van der Waals surface area contributed by atoms with Crippen molar-refractivity contribution in [3.05, 3.63) is 77.5 Å². The molecule has 0 aromatic heterocycles. The summed E-state index contributed by atoms with van der Waals surface area (Å²) in [6.07, 6.45) is 1.55. The number of nitrogens with zero attached hydrogens (tertiary/aromatic N) is 1. The zero-order valence-electron chi connectivity index (χ0n) is 16.4. The van der Waals surface area contributed by atoms with Gasteiger partial charge in [0.05, 0.1) is 12.2 Å². The van der Waals surface area contributed by atoms with E-state index in [9.17, 15) is 9.59 Å². The highest BCUT2D eigenvalue weighted by Crippen LogP contribution is 2.31. The molecule has 0 radical (unpaired) electrons. The van der Waals surface area contributed by atoms with Crippen LogP contribution in [0.5, 0.6) is 5.75 Å². The molecule has 0 saturated carbocycles. The third-order valence-electron chi connectivity index (χ3n) is 4.42. The van der Waals surface area contributed by atoms with Gasteiger partial charge in [-0.25, -0.2) is 0 Å². The molecule has 0 unspecified atom stereocenters. The molecule has 2 aromatic carbocycles. The topological polar surface area (TPSA) is 58.6 Å². The lowest BCUT2D eigenvalue weighted by Crippen LogP contribution is -2.32. The number of anilines is 1. The Labute approximate surface area is 165 Å². The van der Waals surface area contributed by atoms with Crippen molar-refractivity contribution >= 4 is 23.1 Å². The SMILES string of the molecule is C=CCN1C(=O)C(Nc2cc(C)cc(C)c2)=C(c2ccc(OCC)cc2)C1=O. The summed E-state index contributed by atoms with van der Waals surface area (Å²) in [7, 11) is 0. The maximum absolute atomic E-state index is 13.0. The number of ether oxygens (including phenoxy) is 1. The first-order valence-corrected chi connectivity index (χ1v) is 9.24. The lowest BCUT2D eigenvalue weighted by Gasteiger charge is -2.13. The number of carbonyl (C=O) groups excluding carboxylic acids is 2. The summed E-state index contributed by atoms with van der Waals surface area (Å²) in [5.74, 6) is 0.0317. The van der Waals surface area contributed by atoms with Crippen LogP contribution in [0.25, 0.3) is 5.57 Å². The molecule has 0 spiro atoms. The Bertz CT molecular complexity index is 938. The van der Waals surface area contributed by atoms with Crippen LogP contribution in [-0.4, -0.2) is 29.9 Å². The van der Waals surface area contributed by atoms with E-state index in [1.54, 1.807) is 30.3 Å². The van der Waals surface area contributed by atoms with E-state index in [2.05, 4.69) is 18.0 Å². The molecular weight excluding hydrogens is 352 g/mol. The van der Waals surface area contributed by atoms with Gasteiger partial charge < -0.3 is 10.1 Å². The number of rotatable bonds is 7. The maximum atomic E-state index is 13.0. The fraction of sp³-hybridized carbons (Fsp3) is 0.217. The average molecular weight is 376 g/mol. The first-order chi connectivity index (χ1) is 13.4. The third kappa shape index (κ3) is 3.83. The maximum Gasteiger partial charge on any atom is 0.278 e. The molecule has 0 bridgehead atoms. The zero-order chi connectivity index (χ0) is 20.3. The minimum Gasteiger partial charge on any atom is -0.494 e. The van der Waals surface area contributed by atoms with Gasteiger partial charge >= 0.3 is 0 Å². The number of nitrogens with one attached hydrogen (secondary N) is 1. The molecule has 0 fully saturated rings. The van der Waals surface area contributed by atoms with Gasteiger partial charge in [-0.05, 0) is 61.7 Å². The molecule has 1 aliphatic heterocycles. The highest BCUT2D eigenvalue weighted by Gasteiger charge is 2.38. The van der Waals surface area contributed by atoms with Crippen molar-refractivity contribution in [2.75, 3.05) is 18.5 Å². The number of amides is 2. The fourth-order valence-electron chi connectivity index (χ4n) is 3.33. The largest absolute Gasteiger partial charge is 0.494 e. The van der Waals surface area contributed by atoms with Crippen LogP contribution in [0, 0.1) is 13.8 Å². The summed E-state index contributed by atoms with van der Waals surface area (Å²) in [4.78, 5) is 27.1. The number of benzene rings is 2. The quantitative estimate of drug-likeness (QED) is 0.584. The molecule has 0 saturated heterocycles. The van der Waals surface area contributed by atoms with E-state index in [-0.39, 0.29) is 24.1 Å². The second kappa shape index (κ2) is 8.13. The normalized spacial score (nSPS) is 13.9. The van der Waals surface area contributed by atoms with E-state index in [4.69, 9.17) is 4.74 Å². The summed E-state index contributed by atoms with van der Waals surface area (Å²) < 4.78 is 5.47. The molecule has 5 nitrogen and oxygen atoms in total. The molecular formula is C23H24N2O3. The van der Waals surface area contributed by atoms with Crippen LogP contribution < -0.4 is 10.1 Å². The Hall–Kier alpha value is -3.34. The van der Waals surface area contributed by atoms with Crippen molar-refractivity contribution in [1.82, 2.24) is 4.90 Å². The van der Waals surface area contributed by atoms with E-state index in [1.807, 2.05) is 32.9 Å². The number of hydrogen-bond donors (Lipinski definition) is 1. The Morgan fingerprint density at radius 3 is 2.25 bits per heavy atom. The first kappa shape index (κ1) is 19.4. The number of aryl methyl sites for hydroxylation is 2. The molecule has 0 atom stereocenters. The van der Waals surface area contributed by atoms with Crippen molar-refractivity contribution in [3.63, 3.8) is 0 Å². The van der Waals surface area contributed by atoms with E-state index in [0.717, 1.165) is 22.6 Å². The lowest BCUT2D eigenvalue weighted by atomic mass is 10.0. The smallest absolute Gasteiger partial charge is 0.278 e. The molecule has 2 aromatic rings. The van der Waals surface area contributed by atoms with Crippen molar-refractivity contribution in [1.29, 1.82) is 0 Å². The van der Waals surface area contributed by atoms with Crippen LogP contribution in [0.4, 0.5) is 5.69 Å². The molecule has 28 heavy (non-hydrogen) atoms. The van der Waals surface area contributed by atoms with Crippen molar-refractivity contribution in [3.8, 4) is 5.75 Å². The first-order valence-electron chi connectivity index (χ1n) is 9.24. The fourth-order valence-corrected chi connectivity index (χ4v) is 3.33. The van der Waals surface area contributed by atoms with Crippen LogP contribution >= 0.6 is 0 Å². The van der Waals surface area contributed by atoms with E-state index < -0.39 is 0 Å². The van der Waals surface area contributed by atoms with Crippen LogP contribution in [-0.2, 0) is 9.59 Å². The van der Waals surface area contributed by atoms with E-state index in [1.165, 1.54) is 4.90 Å². The Morgan fingerprint density at radius 1 is 1.04 bits per heavy atom. The summed E-state index contributed by atoms with van der Waals surface area (Å²) in [5.41, 5.74) is 4.23. The standard InChI is InChI=1S/C23H24N2O3/c1-5-11-25-22(26)20(17-7-9-19(10-8-17)28-6-2)21(23(25)27)24-18-13-15(3)12-16(4)14-18/h5,7-10,12-14,24H,1,6,11H2,2-4H3. The molecule has 5 heteroatoms. The molecule has 144 valence electrons. The zero-order valence-corrected chi connectivity index (χ0v) is 16.4. The highest BCUT2D eigenvalue weighted by atomic mass is 16.5. The minimum atomic E-state index is -0.354. The number of imide groups is 1. The predicted octanol–water partition coefficient (Wildman–Crippen LogP) is 4.08. The van der Waals surface area contributed by atoms with Crippen LogP contribution in [0.2, 0.25) is 0 Å². The predicted molar refractivity (Wildman–Crippen MR) is 111 cm³/mol. The van der Waals surface area contributed by atoms with Gasteiger partial charge in [0.1, 0.15) is 11.4 Å². The van der Waals surface area contributed by atoms with Crippen molar-refractivity contribution in [2.45, 2.75) is 20.8 Å². The third-order valence-corrected chi connectivity index (χ3v) is 4.42. The van der Waals surface area contributed by atoms with E-state index in [0.29, 0.717) is 17.7 Å². The van der Waals surface area contributed by atoms with Gasteiger partial charge in [-0.15, -0.1) is 6.58 Å². The molecule has 1 aliphatic rings. The molecule has 2 amide bonds. The van der Waals surface area contributed by atoms with E-state index >= 15 is 0 Å². The molecule has 1 heterocycles. The van der Waals surface area contributed by atoms with Crippen LogP contribution in [0.3, 0.4) is 0 Å². The van der Waals surface area contributed by atoms with Crippen LogP contribution in [0.15, 0.2) is 60.8 Å². The van der Waals surface area contributed by atoms with Gasteiger partial charge in [0.25, 0.3) is 11.8 Å². The summed E-state index contributed by atoms with van der Waals surface area (Å²) in [6, 6.07) is 13.1. The highest BCUT2D eigenvalue weighted by molar-refractivity contribution is 6.36. The second-order valence-corrected chi connectivity index (χ2v) is 6.72. The van der Waals surface area contributed by atoms with Crippen LogP contribution in [0.1, 0.15) is 23.6 Å². The average Bonchev–Trinajstić information content (AvgIpc) is 2.87. The minimum absolute atomic E-state index is 0.163. The van der Waals surface area contributed by atoms with Gasteiger partial charge in [0.2, 0.25) is 0 Å². The molecule has 1 N–H and O–H groups in total. The lowest BCUT2D eigenvalue weighted by molar-refractivity contribution is -0.136. The van der Waals surface area contributed by atoms with Gasteiger partial charge in [0, 0.05) is 12.2 Å². The molecule has 3 rings (SSSR count). The Morgan fingerprint density at radius 2 is 1.68 bits per heavy atom. The van der Waals surface area contributed by atoms with Gasteiger partial charge in [-0.2, -0.15) is 0 Å². The van der Waals surface area contributed by atoms with Crippen molar-refractivity contribution in [2.24, 2.45) is 0 Å². The van der Waals surface area contributed by atoms with Gasteiger partial charge in [-0.3, -0.25) is 14.5 Å². The summed E-state index contributed by atoms with van der Waals surface area (Å²) in [6.45, 7) is 10.3. The van der Waals surface area contributed by atoms with Gasteiger partial charge in [0.15, 0.2) is 0 Å². The second-order valence-electron chi connectivity index (χ2n) is 6.72. The summed E-state index contributed by atoms with van der Waals surface area (Å²) >= 11 is 0. The number of hydrogen-bond acceptors (Lipinski definition) is 4. The van der Waals surface area contributed by atoms with Gasteiger partial charge in [-0.1, -0.05) is 24.3 Å². The molecule has 0 aliphatic carbocycles. The Balaban J connectivity index is 2.06. The number of carbonyl (C=O) groups is 2.